The number of thiophene rings is 1. The van der Waals surface area contributed by atoms with Gasteiger partial charge in [-0.2, -0.15) is 0 Å². The summed E-state index contributed by atoms with van der Waals surface area (Å²) in [5.74, 6) is 0.361. The molecule has 2 heterocycles. The lowest BCUT2D eigenvalue weighted by Crippen LogP contribution is -2.04. The molecular weight excluding hydrogens is 392 g/mol. The topological polar surface area (TPSA) is 97.0 Å². The normalized spacial score (nSPS) is 11.5. The Balaban J connectivity index is 2.08. The minimum absolute atomic E-state index is 0.0175. The van der Waals surface area contributed by atoms with Gasteiger partial charge in [-0.1, -0.05) is 30.0 Å². The standard InChI is InChI=1S/C16H16N4O3S3/c1-4-23-14(22)10-7-11(21)9-6-8(3)25-13(9)12(10)17-18-15-19-20-16(26-15)24-5-2/h6-7,21H,4-5H2,1-3H3/b18-17+. The highest BCUT2D eigenvalue weighted by Gasteiger charge is 2.20. The van der Waals surface area contributed by atoms with Gasteiger partial charge in [0.2, 0.25) is 0 Å². The van der Waals surface area contributed by atoms with E-state index in [1.165, 1.54) is 28.7 Å². The maximum absolute atomic E-state index is 12.3. The second-order valence-electron chi connectivity index (χ2n) is 5.10. The zero-order valence-electron chi connectivity index (χ0n) is 14.3. The van der Waals surface area contributed by atoms with Gasteiger partial charge in [-0.3, -0.25) is 0 Å². The number of aromatic nitrogens is 2. The van der Waals surface area contributed by atoms with Gasteiger partial charge in [-0.25, -0.2) is 4.79 Å². The van der Waals surface area contributed by atoms with Crippen molar-refractivity contribution in [3.05, 3.63) is 22.6 Å². The lowest BCUT2D eigenvalue weighted by Gasteiger charge is -2.07. The molecule has 0 amide bonds. The highest BCUT2D eigenvalue weighted by Crippen LogP contribution is 2.42. The number of ether oxygens (including phenoxy) is 1. The first-order valence-corrected chi connectivity index (χ1v) is 10.5. The van der Waals surface area contributed by atoms with Crippen molar-refractivity contribution >= 4 is 61.3 Å². The number of aryl methyl sites for hydroxylation is 1. The van der Waals surface area contributed by atoms with E-state index in [0.717, 1.165) is 15.0 Å². The molecule has 7 nitrogen and oxygen atoms in total. The van der Waals surface area contributed by atoms with Crippen molar-refractivity contribution in [3.63, 3.8) is 0 Å². The molecule has 26 heavy (non-hydrogen) atoms. The van der Waals surface area contributed by atoms with Crippen LogP contribution in [0.4, 0.5) is 10.8 Å². The second kappa shape index (κ2) is 8.11. The summed E-state index contributed by atoms with van der Waals surface area (Å²) < 4.78 is 6.59. The molecule has 1 N–H and O–H groups in total. The fraction of sp³-hybridized carbons (Fsp3) is 0.312. The number of hydrogen-bond donors (Lipinski definition) is 1. The number of carbonyl (C=O) groups is 1. The number of phenolic OH excluding ortho intramolecular Hbond substituents is 1. The smallest absolute Gasteiger partial charge is 0.340 e. The lowest BCUT2D eigenvalue weighted by molar-refractivity contribution is 0.0527. The molecule has 0 spiro atoms. The summed E-state index contributed by atoms with van der Waals surface area (Å²) in [6.07, 6.45) is 0. The second-order valence-corrected chi connectivity index (χ2v) is 8.82. The Morgan fingerprint density at radius 3 is 2.81 bits per heavy atom. The van der Waals surface area contributed by atoms with Crippen LogP contribution in [0.25, 0.3) is 10.1 Å². The van der Waals surface area contributed by atoms with E-state index in [0.29, 0.717) is 20.9 Å². The van der Waals surface area contributed by atoms with Gasteiger partial charge in [0.05, 0.1) is 16.9 Å². The van der Waals surface area contributed by atoms with Crippen LogP contribution in [-0.2, 0) is 4.74 Å². The fourth-order valence-corrected chi connectivity index (χ4v) is 4.85. The summed E-state index contributed by atoms with van der Waals surface area (Å²) in [6.45, 7) is 5.91. The number of aromatic hydroxyl groups is 1. The van der Waals surface area contributed by atoms with Crippen molar-refractivity contribution in [2.45, 2.75) is 25.1 Å². The summed E-state index contributed by atoms with van der Waals surface area (Å²) in [7, 11) is 0. The molecule has 0 aliphatic rings. The van der Waals surface area contributed by atoms with Crippen LogP contribution in [0.15, 0.2) is 26.7 Å². The Labute approximate surface area is 162 Å². The average molecular weight is 409 g/mol. The van der Waals surface area contributed by atoms with Crippen LogP contribution in [0, 0.1) is 6.92 Å². The summed E-state index contributed by atoms with van der Waals surface area (Å²) >= 11 is 4.34. The van der Waals surface area contributed by atoms with E-state index < -0.39 is 5.97 Å². The third-order valence-electron chi connectivity index (χ3n) is 3.28. The first kappa shape index (κ1) is 18.7. The Morgan fingerprint density at radius 1 is 1.27 bits per heavy atom. The van der Waals surface area contributed by atoms with Gasteiger partial charge in [-0.15, -0.1) is 31.8 Å². The Kier molecular flexibility index (Phi) is 5.84. The largest absolute Gasteiger partial charge is 0.507 e. The van der Waals surface area contributed by atoms with Crippen molar-refractivity contribution < 1.29 is 14.6 Å². The molecule has 0 unspecified atom stereocenters. The predicted octanol–water partition coefficient (Wildman–Crippen LogP) is 5.47. The van der Waals surface area contributed by atoms with Gasteiger partial charge in [0.25, 0.3) is 5.13 Å². The van der Waals surface area contributed by atoms with E-state index in [-0.39, 0.29) is 17.9 Å². The number of benzene rings is 1. The molecule has 2 aromatic heterocycles. The number of fused-ring (bicyclic) bond motifs is 1. The van der Waals surface area contributed by atoms with Gasteiger partial charge in [-0.05, 0) is 31.7 Å². The van der Waals surface area contributed by atoms with E-state index in [2.05, 4.69) is 20.4 Å². The molecule has 0 fully saturated rings. The Morgan fingerprint density at radius 2 is 2.08 bits per heavy atom. The van der Waals surface area contributed by atoms with E-state index in [1.54, 1.807) is 18.7 Å². The molecular formula is C16H16N4O3S3. The SMILES string of the molecule is CCOC(=O)c1cc(O)c2cc(C)sc2c1/N=N/c1nnc(SCC)s1. The minimum Gasteiger partial charge on any atom is -0.507 e. The van der Waals surface area contributed by atoms with Crippen LogP contribution in [-0.4, -0.2) is 33.6 Å². The molecule has 10 heteroatoms. The number of carbonyl (C=O) groups excluding carboxylic acids is 1. The van der Waals surface area contributed by atoms with Gasteiger partial charge in [0.1, 0.15) is 11.4 Å². The third kappa shape index (κ3) is 3.87. The summed E-state index contributed by atoms with van der Waals surface area (Å²) in [6, 6.07) is 3.23. The first-order chi connectivity index (χ1) is 12.5. The summed E-state index contributed by atoms with van der Waals surface area (Å²) in [5.41, 5.74) is 0.546. The van der Waals surface area contributed by atoms with Gasteiger partial charge in [0.15, 0.2) is 4.34 Å². The Bertz CT molecular complexity index is 981. The zero-order chi connectivity index (χ0) is 18.7. The highest BCUT2D eigenvalue weighted by molar-refractivity contribution is 8.01. The molecule has 0 aliphatic heterocycles. The van der Waals surface area contributed by atoms with E-state index in [4.69, 9.17) is 4.74 Å². The number of nitrogens with zero attached hydrogens (tertiary/aromatic N) is 4. The predicted molar refractivity (Wildman–Crippen MR) is 105 cm³/mol. The van der Waals surface area contributed by atoms with E-state index in [1.807, 2.05) is 19.9 Å². The number of thioether (sulfide) groups is 1. The van der Waals surface area contributed by atoms with Gasteiger partial charge >= 0.3 is 5.97 Å². The van der Waals surface area contributed by atoms with Crippen LogP contribution in [0.2, 0.25) is 0 Å². The third-order valence-corrected chi connectivity index (χ3v) is 6.16. The van der Waals surface area contributed by atoms with Crippen molar-refractivity contribution in [1.29, 1.82) is 0 Å². The quantitative estimate of drug-likeness (QED) is 0.330. The summed E-state index contributed by atoms with van der Waals surface area (Å²) in [4.78, 5) is 13.3. The molecule has 0 saturated heterocycles. The van der Waals surface area contributed by atoms with Crippen molar-refractivity contribution in [2.24, 2.45) is 10.2 Å². The number of esters is 1. The number of hydrogen-bond acceptors (Lipinski definition) is 10. The molecule has 0 saturated carbocycles. The van der Waals surface area contributed by atoms with E-state index in [9.17, 15) is 9.90 Å². The molecule has 0 radical (unpaired) electrons. The van der Waals surface area contributed by atoms with Crippen LogP contribution in [0.5, 0.6) is 5.75 Å². The minimum atomic E-state index is -0.552. The fourth-order valence-electron chi connectivity index (χ4n) is 2.27. The molecule has 3 rings (SSSR count). The van der Waals surface area contributed by atoms with Crippen LogP contribution >= 0.6 is 34.4 Å². The van der Waals surface area contributed by atoms with Crippen molar-refractivity contribution in [1.82, 2.24) is 10.2 Å². The van der Waals surface area contributed by atoms with Gasteiger partial charge in [0, 0.05) is 10.3 Å². The number of phenols is 1. The van der Waals surface area contributed by atoms with Crippen LogP contribution < -0.4 is 0 Å². The molecule has 136 valence electrons. The Hall–Kier alpha value is -2.04. The zero-order valence-corrected chi connectivity index (χ0v) is 16.8. The van der Waals surface area contributed by atoms with E-state index >= 15 is 0 Å². The monoisotopic (exact) mass is 408 g/mol. The van der Waals surface area contributed by atoms with Crippen molar-refractivity contribution in [2.75, 3.05) is 12.4 Å². The average Bonchev–Trinajstić information content (AvgIpc) is 3.21. The molecule has 0 atom stereocenters. The molecule has 3 aromatic rings. The lowest BCUT2D eigenvalue weighted by atomic mass is 10.1. The maximum atomic E-state index is 12.3. The number of azo groups is 1. The molecule has 0 aliphatic carbocycles. The van der Waals surface area contributed by atoms with Crippen LogP contribution in [0.1, 0.15) is 29.1 Å². The van der Waals surface area contributed by atoms with Gasteiger partial charge < -0.3 is 9.84 Å². The molecule has 1 aromatic carbocycles. The summed E-state index contributed by atoms with van der Waals surface area (Å²) in [5, 5.41) is 27.7. The molecule has 0 bridgehead atoms. The highest BCUT2D eigenvalue weighted by atomic mass is 32.2. The maximum Gasteiger partial charge on any atom is 0.340 e. The number of rotatable bonds is 6. The van der Waals surface area contributed by atoms with Crippen molar-refractivity contribution in [3.8, 4) is 5.75 Å². The first-order valence-electron chi connectivity index (χ1n) is 7.84. The van der Waals surface area contributed by atoms with Crippen LogP contribution in [0.3, 0.4) is 0 Å².